The van der Waals surface area contributed by atoms with Crippen LogP contribution < -0.4 is 10.6 Å². The van der Waals surface area contributed by atoms with Crippen molar-refractivity contribution in [2.75, 3.05) is 6.61 Å². The Balaban J connectivity index is 2.29. The number of nitrogens with one attached hydrogen (secondary N) is 2. The van der Waals surface area contributed by atoms with Crippen LogP contribution in [0.3, 0.4) is 0 Å². The summed E-state index contributed by atoms with van der Waals surface area (Å²) in [6, 6.07) is 0.0429. The lowest BCUT2D eigenvalue weighted by Crippen LogP contribution is -2.47. The summed E-state index contributed by atoms with van der Waals surface area (Å²) in [7, 11) is 0. The van der Waals surface area contributed by atoms with Crippen LogP contribution in [-0.4, -0.2) is 29.8 Å². The van der Waals surface area contributed by atoms with E-state index in [1.807, 2.05) is 6.92 Å². The Hall–Kier alpha value is -0.770. The Kier molecular flexibility index (Phi) is 6.34. The summed E-state index contributed by atoms with van der Waals surface area (Å²) in [5, 5.41) is 14.8. The summed E-state index contributed by atoms with van der Waals surface area (Å²) >= 11 is 0. The molecule has 4 nitrogen and oxygen atoms in total. The van der Waals surface area contributed by atoms with Gasteiger partial charge in [0.2, 0.25) is 0 Å². The third-order valence-electron chi connectivity index (χ3n) is 3.64. The van der Waals surface area contributed by atoms with Gasteiger partial charge >= 0.3 is 6.03 Å². The van der Waals surface area contributed by atoms with E-state index in [1.54, 1.807) is 0 Å². The van der Waals surface area contributed by atoms with Crippen molar-refractivity contribution >= 4 is 6.03 Å². The largest absolute Gasteiger partial charge is 0.394 e. The number of hydrogen-bond donors (Lipinski definition) is 3. The molecule has 0 aromatic rings. The fourth-order valence-corrected chi connectivity index (χ4v) is 2.32. The monoisotopic (exact) mass is 242 g/mol. The third kappa shape index (κ3) is 5.39. The number of hydrogen-bond acceptors (Lipinski definition) is 2. The molecular weight excluding hydrogens is 216 g/mol. The van der Waals surface area contributed by atoms with Gasteiger partial charge in [-0.1, -0.05) is 26.7 Å². The molecule has 1 aliphatic rings. The first-order valence-electron chi connectivity index (χ1n) is 6.83. The van der Waals surface area contributed by atoms with Crippen molar-refractivity contribution in [1.82, 2.24) is 10.6 Å². The molecule has 100 valence electrons. The van der Waals surface area contributed by atoms with Gasteiger partial charge in [0, 0.05) is 6.04 Å². The average molecular weight is 242 g/mol. The van der Waals surface area contributed by atoms with E-state index in [-0.39, 0.29) is 18.7 Å². The van der Waals surface area contributed by atoms with Gasteiger partial charge in [0.25, 0.3) is 0 Å². The Labute approximate surface area is 104 Å². The van der Waals surface area contributed by atoms with Crippen LogP contribution in [0.25, 0.3) is 0 Å². The number of carbonyl (C=O) groups excluding carboxylic acids is 1. The zero-order valence-electron chi connectivity index (χ0n) is 11.0. The summed E-state index contributed by atoms with van der Waals surface area (Å²) < 4.78 is 0. The smallest absolute Gasteiger partial charge is 0.315 e. The Morgan fingerprint density at radius 3 is 2.76 bits per heavy atom. The Bertz CT molecular complexity index is 229. The summed E-state index contributed by atoms with van der Waals surface area (Å²) in [6.45, 7) is 4.24. The maximum absolute atomic E-state index is 11.7. The van der Waals surface area contributed by atoms with Gasteiger partial charge in [-0.3, -0.25) is 0 Å². The number of aliphatic hydroxyl groups is 1. The van der Waals surface area contributed by atoms with Crippen LogP contribution in [0.1, 0.15) is 52.4 Å². The first-order valence-corrected chi connectivity index (χ1v) is 6.83. The fraction of sp³-hybridized carbons (Fsp3) is 0.923. The van der Waals surface area contributed by atoms with E-state index in [2.05, 4.69) is 17.6 Å². The standard InChI is InChI=1S/C13H26N2O2/c1-3-11(9-16)14-13(17)15-12-6-4-5-10(2)7-8-12/h10-12,16H,3-9H2,1-2H3,(H2,14,15,17)/t10?,11-,12?/m1/s1. The lowest BCUT2D eigenvalue weighted by Gasteiger charge is -2.20. The van der Waals surface area contributed by atoms with Gasteiger partial charge in [-0.05, 0) is 31.6 Å². The van der Waals surface area contributed by atoms with Crippen molar-refractivity contribution in [3.63, 3.8) is 0 Å². The Morgan fingerprint density at radius 1 is 1.35 bits per heavy atom. The number of urea groups is 1. The van der Waals surface area contributed by atoms with Gasteiger partial charge in [-0.25, -0.2) is 4.79 Å². The maximum Gasteiger partial charge on any atom is 0.315 e. The molecule has 0 spiro atoms. The van der Waals surface area contributed by atoms with Crippen LogP contribution in [0.15, 0.2) is 0 Å². The molecule has 4 heteroatoms. The molecular formula is C13H26N2O2. The number of rotatable bonds is 4. The number of aliphatic hydroxyl groups excluding tert-OH is 1. The second-order valence-electron chi connectivity index (χ2n) is 5.22. The molecule has 0 aliphatic heterocycles. The van der Waals surface area contributed by atoms with Crippen LogP contribution >= 0.6 is 0 Å². The summed E-state index contributed by atoms with van der Waals surface area (Å²) in [5.41, 5.74) is 0. The molecule has 1 aliphatic carbocycles. The minimum Gasteiger partial charge on any atom is -0.394 e. The van der Waals surface area contributed by atoms with Gasteiger partial charge in [-0.15, -0.1) is 0 Å². The molecule has 0 bridgehead atoms. The molecule has 0 heterocycles. The SMILES string of the molecule is CC[C@H](CO)NC(=O)NC1CCCC(C)CC1. The van der Waals surface area contributed by atoms with E-state index in [0.717, 1.165) is 25.2 Å². The quantitative estimate of drug-likeness (QED) is 0.661. The summed E-state index contributed by atoms with van der Waals surface area (Å²) in [5.74, 6) is 0.783. The molecule has 3 N–H and O–H groups in total. The van der Waals surface area contributed by atoms with E-state index in [0.29, 0.717) is 6.04 Å². The van der Waals surface area contributed by atoms with Crippen molar-refractivity contribution in [2.24, 2.45) is 5.92 Å². The molecule has 1 saturated carbocycles. The minimum absolute atomic E-state index is 0.00558. The van der Waals surface area contributed by atoms with E-state index in [9.17, 15) is 4.79 Å². The zero-order chi connectivity index (χ0) is 12.7. The molecule has 0 saturated heterocycles. The van der Waals surface area contributed by atoms with Crippen molar-refractivity contribution < 1.29 is 9.90 Å². The molecule has 1 fully saturated rings. The van der Waals surface area contributed by atoms with Crippen LogP contribution in [0.2, 0.25) is 0 Å². The molecule has 2 unspecified atom stereocenters. The van der Waals surface area contributed by atoms with E-state index in [1.165, 1.54) is 19.3 Å². The predicted octanol–water partition coefficient (Wildman–Crippen LogP) is 2.03. The van der Waals surface area contributed by atoms with Gasteiger partial charge in [0.15, 0.2) is 0 Å². The second-order valence-corrected chi connectivity index (χ2v) is 5.22. The molecule has 17 heavy (non-hydrogen) atoms. The molecule has 0 aromatic heterocycles. The summed E-state index contributed by atoms with van der Waals surface area (Å²) in [6.07, 6.45) is 6.57. The van der Waals surface area contributed by atoms with Crippen molar-refractivity contribution in [3.8, 4) is 0 Å². The van der Waals surface area contributed by atoms with E-state index < -0.39 is 0 Å². The zero-order valence-corrected chi connectivity index (χ0v) is 11.0. The molecule has 1 rings (SSSR count). The van der Waals surface area contributed by atoms with Gasteiger partial charge in [-0.2, -0.15) is 0 Å². The van der Waals surface area contributed by atoms with Crippen LogP contribution in [0, 0.1) is 5.92 Å². The van der Waals surface area contributed by atoms with Crippen LogP contribution in [-0.2, 0) is 0 Å². The van der Waals surface area contributed by atoms with Gasteiger partial charge < -0.3 is 15.7 Å². The second kappa shape index (κ2) is 7.54. The molecule has 0 radical (unpaired) electrons. The fourth-order valence-electron chi connectivity index (χ4n) is 2.32. The molecule has 3 atom stereocenters. The molecule has 2 amide bonds. The van der Waals surface area contributed by atoms with Crippen LogP contribution in [0.4, 0.5) is 4.79 Å². The topological polar surface area (TPSA) is 61.4 Å². The highest BCUT2D eigenvalue weighted by atomic mass is 16.3. The maximum atomic E-state index is 11.7. The predicted molar refractivity (Wildman–Crippen MR) is 68.9 cm³/mol. The molecule has 0 aromatic carbocycles. The Morgan fingerprint density at radius 2 is 2.12 bits per heavy atom. The average Bonchev–Trinajstić information content (AvgIpc) is 2.51. The van der Waals surface area contributed by atoms with Crippen molar-refractivity contribution in [3.05, 3.63) is 0 Å². The minimum atomic E-state index is -0.134. The highest BCUT2D eigenvalue weighted by Crippen LogP contribution is 2.22. The first-order chi connectivity index (χ1) is 8.15. The van der Waals surface area contributed by atoms with E-state index >= 15 is 0 Å². The van der Waals surface area contributed by atoms with Gasteiger partial charge in [0.1, 0.15) is 0 Å². The highest BCUT2D eigenvalue weighted by molar-refractivity contribution is 5.74. The van der Waals surface area contributed by atoms with Crippen molar-refractivity contribution in [1.29, 1.82) is 0 Å². The number of carbonyl (C=O) groups is 1. The van der Waals surface area contributed by atoms with E-state index in [4.69, 9.17) is 5.11 Å². The van der Waals surface area contributed by atoms with Crippen molar-refractivity contribution in [2.45, 2.75) is 64.5 Å². The summed E-state index contributed by atoms with van der Waals surface area (Å²) in [4.78, 5) is 11.7. The first kappa shape index (κ1) is 14.3. The van der Waals surface area contributed by atoms with Crippen LogP contribution in [0.5, 0.6) is 0 Å². The third-order valence-corrected chi connectivity index (χ3v) is 3.64. The van der Waals surface area contributed by atoms with Gasteiger partial charge in [0.05, 0.1) is 12.6 Å². The highest BCUT2D eigenvalue weighted by Gasteiger charge is 2.18. The lowest BCUT2D eigenvalue weighted by atomic mass is 10.0. The normalized spacial score (nSPS) is 27.0. The lowest BCUT2D eigenvalue weighted by molar-refractivity contribution is 0.211. The number of amides is 2.